The van der Waals surface area contributed by atoms with Crippen LogP contribution in [0.1, 0.15) is 51.4 Å². The zero-order valence-electron chi connectivity index (χ0n) is 15.9. The Morgan fingerprint density at radius 2 is 1.48 bits per heavy atom. The van der Waals surface area contributed by atoms with Crippen LogP contribution >= 0.6 is 0 Å². The van der Waals surface area contributed by atoms with E-state index < -0.39 is 0 Å². The Labute approximate surface area is 151 Å². The van der Waals surface area contributed by atoms with Crippen molar-refractivity contribution in [1.82, 2.24) is 20.0 Å². The zero-order valence-corrected chi connectivity index (χ0v) is 15.9. The average Bonchev–Trinajstić information content (AvgIpc) is 3.17. The molecular formula is C19H34N4O2. The molecule has 0 aromatic rings. The normalized spacial score (nSPS) is 32.4. The molecule has 0 radical (unpaired) electrons. The lowest BCUT2D eigenvalue weighted by Gasteiger charge is -2.34. The zero-order chi connectivity index (χ0) is 17.8. The third-order valence-electron chi connectivity index (χ3n) is 6.21. The fourth-order valence-electron chi connectivity index (χ4n) is 4.61. The number of carbonyl (C=O) groups excluding carboxylic acids is 2. The van der Waals surface area contributed by atoms with E-state index in [1.54, 1.807) is 0 Å². The van der Waals surface area contributed by atoms with Gasteiger partial charge in [-0.15, -0.1) is 0 Å². The van der Waals surface area contributed by atoms with Gasteiger partial charge in [-0.3, -0.25) is 19.4 Å². The second-order valence-corrected chi connectivity index (χ2v) is 8.12. The number of hydrogen-bond donors (Lipinski definition) is 1. The number of hydrogen-bond acceptors (Lipinski definition) is 4. The summed E-state index contributed by atoms with van der Waals surface area (Å²) in [4.78, 5) is 32.0. The maximum absolute atomic E-state index is 13.0. The monoisotopic (exact) mass is 350 g/mol. The van der Waals surface area contributed by atoms with E-state index in [2.05, 4.69) is 22.2 Å². The van der Waals surface area contributed by atoms with Crippen molar-refractivity contribution in [2.45, 2.75) is 69.5 Å². The van der Waals surface area contributed by atoms with Crippen LogP contribution in [0.25, 0.3) is 0 Å². The molecule has 3 atom stereocenters. The quantitative estimate of drug-likeness (QED) is 0.827. The smallest absolute Gasteiger partial charge is 0.239 e. The molecule has 3 heterocycles. The van der Waals surface area contributed by atoms with Crippen LogP contribution < -0.4 is 5.32 Å². The minimum Gasteiger partial charge on any atom is -0.350 e. The van der Waals surface area contributed by atoms with Crippen molar-refractivity contribution >= 4 is 11.8 Å². The highest BCUT2D eigenvalue weighted by Gasteiger charge is 2.34. The number of likely N-dealkylation sites (N-methyl/N-ethyl adjacent to an activating group) is 2. The van der Waals surface area contributed by atoms with E-state index in [4.69, 9.17) is 0 Å². The van der Waals surface area contributed by atoms with Gasteiger partial charge in [0.25, 0.3) is 0 Å². The largest absolute Gasteiger partial charge is 0.350 e. The molecule has 6 nitrogen and oxygen atoms in total. The van der Waals surface area contributed by atoms with Gasteiger partial charge in [0, 0.05) is 19.1 Å². The van der Waals surface area contributed by atoms with E-state index >= 15 is 0 Å². The van der Waals surface area contributed by atoms with Crippen LogP contribution in [0.3, 0.4) is 0 Å². The molecule has 3 aliphatic heterocycles. The Balaban J connectivity index is 1.60. The molecule has 142 valence electrons. The van der Waals surface area contributed by atoms with Gasteiger partial charge in [-0.2, -0.15) is 0 Å². The predicted octanol–water partition coefficient (Wildman–Crippen LogP) is 1.06. The molecule has 3 rings (SSSR count). The Morgan fingerprint density at radius 3 is 2.12 bits per heavy atom. The first-order chi connectivity index (χ1) is 12.1. The summed E-state index contributed by atoms with van der Waals surface area (Å²) in [6, 6.07) is 0.143. The first-order valence-corrected chi connectivity index (χ1v) is 10.1. The van der Waals surface area contributed by atoms with Crippen molar-refractivity contribution in [3.63, 3.8) is 0 Å². The molecule has 3 saturated heterocycles. The maximum atomic E-state index is 13.0. The summed E-state index contributed by atoms with van der Waals surface area (Å²) in [6.07, 6.45) is 8.45. The predicted molar refractivity (Wildman–Crippen MR) is 98.3 cm³/mol. The van der Waals surface area contributed by atoms with Crippen LogP contribution in [-0.2, 0) is 9.59 Å². The number of carbonyl (C=O) groups is 2. The number of nitrogens with zero attached hydrogens (tertiary/aromatic N) is 3. The molecule has 3 aliphatic rings. The lowest BCUT2D eigenvalue weighted by atomic mass is 10.0. The number of nitrogens with one attached hydrogen (secondary N) is 1. The fourth-order valence-corrected chi connectivity index (χ4v) is 4.61. The number of rotatable bonds is 3. The summed E-state index contributed by atoms with van der Waals surface area (Å²) >= 11 is 0. The van der Waals surface area contributed by atoms with Crippen molar-refractivity contribution in [3.05, 3.63) is 0 Å². The summed E-state index contributed by atoms with van der Waals surface area (Å²) in [6.45, 7) is 3.52. The molecule has 1 unspecified atom stereocenters. The van der Waals surface area contributed by atoms with Crippen LogP contribution in [0.15, 0.2) is 0 Å². The summed E-state index contributed by atoms with van der Waals surface area (Å²) in [5, 5.41) is 3.26. The van der Waals surface area contributed by atoms with Gasteiger partial charge in [0.15, 0.2) is 0 Å². The molecule has 25 heavy (non-hydrogen) atoms. The molecule has 0 aromatic heterocycles. The van der Waals surface area contributed by atoms with Gasteiger partial charge in [-0.05, 0) is 65.7 Å². The van der Waals surface area contributed by atoms with Crippen LogP contribution in [0.4, 0.5) is 0 Å². The van der Waals surface area contributed by atoms with Crippen LogP contribution in [-0.4, -0.2) is 84.9 Å². The Kier molecular flexibility index (Phi) is 6.34. The van der Waals surface area contributed by atoms with E-state index in [0.29, 0.717) is 6.54 Å². The molecule has 0 bridgehead atoms. The molecule has 1 N–H and O–H groups in total. The van der Waals surface area contributed by atoms with Crippen LogP contribution in [0.2, 0.25) is 0 Å². The van der Waals surface area contributed by atoms with Gasteiger partial charge in [0.2, 0.25) is 11.8 Å². The standard InChI is InChI=1S/C19H34N4O2/c1-21-11-6-9-16(21)18(24)20-15-8-4-3-5-13-23(14-15)19(25)17-10-7-12-22(17)2/h15-17H,3-14H2,1-2H3,(H,20,24)/t15?,16-,17-/m0/s1. The van der Waals surface area contributed by atoms with E-state index in [1.807, 2.05) is 11.9 Å². The summed E-state index contributed by atoms with van der Waals surface area (Å²) in [7, 11) is 4.08. The van der Waals surface area contributed by atoms with Crippen molar-refractivity contribution < 1.29 is 9.59 Å². The molecule has 0 saturated carbocycles. The van der Waals surface area contributed by atoms with Crippen molar-refractivity contribution in [3.8, 4) is 0 Å². The first kappa shape index (κ1) is 18.6. The molecular weight excluding hydrogens is 316 g/mol. The third kappa shape index (κ3) is 4.53. The molecule has 3 fully saturated rings. The molecule has 6 heteroatoms. The van der Waals surface area contributed by atoms with E-state index in [9.17, 15) is 9.59 Å². The SMILES string of the molecule is CN1CCC[C@H]1C(=O)NC1CCCCCN(C(=O)[C@@H]2CCCN2C)C1. The molecule has 2 amide bonds. The van der Waals surface area contributed by atoms with Crippen LogP contribution in [0.5, 0.6) is 0 Å². The Hall–Kier alpha value is -1.14. The van der Waals surface area contributed by atoms with Crippen molar-refractivity contribution in [2.24, 2.45) is 0 Å². The number of likely N-dealkylation sites (tertiary alicyclic amines) is 3. The number of amides is 2. The lowest BCUT2D eigenvalue weighted by molar-refractivity contribution is -0.137. The van der Waals surface area contributed by atoms with Gasteiger partial charge in [-0.1, -0.05) is 12.8 Å². The Bertz CT molecular complexity index is 484. The minimum absolute atomic E-state index is 0.00978. The highest BCUT2D eigenvalue weighted by atomic mass is 16.2. The van der Waals surface area contributed by atoms with Gasteiger partial charge < -0.3 is 10.2 Å². The highest BCUT2D eigenvalue weighted by Crippen LogP contribution is 2.20. The second kappa shape index (κ2) is 8.49. The summed E-state index contributed by atoms with van der Waals surface area (Å²) in [5.74, 6) is 0.412. The van der Waals surface area contributed by atoms with Gasteiger partial charge >= 0.3 is 0 Å². The van der Waals surface area contributed by atoms with Crippen molar-refractivity contribution in [1.29, 1.82) is 0 Å². The fraction of sp³-hybridized carbons (Fsp3) is 0.895. The van der Waals surface area contributed by atoms with Gasteiger partial charge in [0.1, 0.15) is 0 Å². The van der Waals surface area contributed by atoms with E-state index in [-0.39, 0.29) is 29.9 Å². The van der Waals surface area contributed by atoms with Gasteiger partial charge in [-0.25, -0.2) is 0 Å². The van der Waals surface area contributed by atoms with E-state index in [0.717, 1.165) is 71.0 Å². The summed E-state index contributed by atoms with van der Waals surface area (Å²) < 4.78 is 0. The Morgan fingerprint density at radius 1 is 0.800 bits per heavy atom. The first-order valence-electron chi connectivity index (χ1n) is 10.1. The van der Waals surface area contributed by atoms with Gasteiger partial charge in [0.05, 0.1) is 12.1 Å². The second-order valence-electron chi connectivity index (χ2n) is 8.12. The molecule has 0 aliphatic carbocycles. The lowest BCUT2D eigenvalue weighted by Crippen LogP contribution is -2.53. The third-order valence-corrected chi connectivity index (χ3v) is 6.21. The minimum atomic E-state index is 0.00978. The molecule has 0 aromatic carbocycles. The average molecular weight is 351 g/mol. The molecule has 0 spiro atoms. The highest BCUT2D eigenvalue weighted by molar-refractivity contribution is 5.83. The summed E-state index contributed by atoms with van der Waals surface area (Å²) in [5.41, 5.74) is 0. The van der Waals surface area contributed by atoms with Crippen LogP contribution in [0, 0.1) is 0 Å². The van der Waals surface area contributed by atoms with E-state index in [1.165, 1.54) is 0 Å². The topological polar surface area (TPSA) is 55.9 Å². The maximum Gasteiger partial charge on any atom is 0.239 e. The van der Waals surface area contributed by atoms with Crippen molar-refractivity contribution in [2.75, 3.05) is 40.3 Å².